The van der Waals surface area contributed by atoms with Crippen molar-refractivity contribution < 1.29 is 4.79 Å². The van der Waals surface area contributed by atoms with E-state index >= 15 is 0 Å². The number of rotatable bonds is 1. The van der Waals surface area contributed by atoms with Crippen LogP contribution in [-0.4, -0.2) is 32.1 Å². The third-order valence-electron chi connectivity index (χ3n) is 5.26. The van der Waals surface area contributed by atoms with Gasteiger partial charge in [0, 0.05) is 37.0 Å². The summed E-state index contributed by atoms with van der Waals surface area (Å²) < 4.78 is 0. The molecule has 2 aliphatic heterocycles. The molecule has 0 atom stereocenters. The number of nitrogens with one attached hydrogen (secondary N) is 1. The molecule has 2 heterocycles. The Morgan fingerprint density at radius 3 is 2.63 bits per heavy atom. The third-order valence-corrected chi connectivity index (χ3v) is 5.26. The van der Waals surface area contributed by atoms with Crippen LogP contribution in [0.15, 0.2) is 48.5 Å². The average molecular weight is 403 g/mol. The molecule has 0 saturated heterocycles. The Hall–Kier alpha value is -3.07. The molecule has 5 heteroatoms. The van der Waals surface area contributed by atoms with Crippen LogP contribution in [0.5, 0.6) is 0 Å². The SMILES string of the molecule is CC(=O)N1CCCc2cc(C3=CCNCC3)ccc21.NCC#Cc1ccc(N)cc1. The molecule has 0 bridgehead atoms. The zero-order valence-corrected chi connectivity index (χ0v) is 17.6. The highest BCUT2D eigenvalue weighted by atomic mass is 16.2. The Morgan fingerprint density at radius 2 is 1.97 bits per heavy atom. The molecule has 0 fully saturated rings. The van der Waals surface area contributed by atoms with Crippen LogP contribution in [0.3, 0.4) is 0 Å². The number of anilines is 2. The van der Waals surface area contributed by atoms with Gasteiger partial charge in [0.1, 0.15) is 0 Å². The van der Waals surface area contributed by atoms with Crippen molar-refractivity contribution in [1.82, 2.24) is 5.32 Å². The lowest BCUT2D eigenvalue weighted by Gasteiger charge is -2.29. The monoisotopic (exact) mass is 402 g/mol. The van der Waals surface area contributed by atoms with Crippen molar-refractivity contribution in [2.75, 3.05) is 36.8 Å². The largest absolute Gasteiger partial charge is 0.399 e. The van der Waals surface area contributed by atoms with Crippen molar-refractivity contribution in [2.45, 2.75) is 26.2 Å². The van der Waals surface area contributed by atoms with Gasteiger partial charge in [-0.1, -0.05) is 24.0 Å². The van der Waals surface area contributed by atoms with Crippen LogP contribution < -0.4 is 21.7 Å². The Kier molecular flexibility index (Phi) is 7.67. The van der Waals surface area contributed by atoms with E-state index < -0.39 is 0 Å². The molecule has 4 rings (SSSR count). The Balaban J connectivity index is 0.000000199. The highest BCUT2D eigenvalue weighted by Gasteiger charge is 2.20. The van der Waals surface area contributed by atoms with E-state index in [1.54, 1.807) is 6.92 Å². The van der Waals surface area contributed by atoms with E-state index in [9.17, 15) is 4.79 Å². The van der Waals surface area contributed by atoms with Crippen LogP contribution in [0, 0.1) is 11.8 Å². The molecule has 1 amide bonds. The van der Waals surface area contributed by atoms with Gasteiger partial charge in [0.05, 0.1) is 6.54 Å². The number of hydrogen-bond donors (Lipinski definition) is 3. The quantitative estimate of drug-likeness (QED) is 0.506. The first kappa shape index (κ1) is 21.6. The minimum atomic E-state index is 0.148. The van der Waals surface area contributed by atoms with Gasteiger partial charge < -0.3 is 21.7 Å². The summed E-state index contributed by atoms with van der Waals surface area (Å²) in [6.45, 7) is 4.92. The van der Waals surface area contributed by atoms with Crippen LogP contribution in [0.25, 0.3) is 5.57 Å². The summed E-state index contributed by atoms with van der Waals surface area (Å²) >= 11 is 0. The normalized spacial score (nSPS) is 15.0. The molecule has 2 aromatic carbocycles. The van der Waals surface area contributed by atoms with Gasteiger partial charge >= 0.3 is 0 Å². The fraction of sp³-hybridized carbons (Fsp3) is 0.320. The lowest BCUT2D eigenvalue weighted by atomic mass is 9.94. The molecule has 0 spiro atoms. The van der Waals surface area contributed by atoms with Crippen molar-refractivity contribution in [3.8, 4) is 11.8 Å². The molecule has 0 aliphatic carbocycles. The maximum Gasteiger partial charge on any atom is 0.223 e. The van der Waals surface area contributed by atoms with Gasteiger partial charge in [-0.2, -0.15) is 0 Å². The number of hydrogen-bond acceptors (Lipinski definition) is 4. The van der Waals surface area contributed by atoms with E-state index in [4.69, 9.17) is 11.5 Å². The van der Waals surface area contributed by atoms with Gasteiger partial charge in [0.25, 0.3) is 0 Å². The van der Waals surface area contributed by atoms with Gasteiger partial charge in [-0.3, -0.25) is 4.79 Å². The predicted octanol–water partition coefficient (Wildman–Crippen LogP) is 2.94. The standard InChI is InChI=1S/C16H20N2O.C9H10N2/c1-12(19)18-10-2-3-15-11-14(4-5-16(15)18)13-6-8-17-9-7-13;10-7-1-2-8-3-5-9(11)6-4-8/h4-6,11,17H,2-3,7-10H2,1H3;3-6H,7,10-11H2. The summed E-state index contributed by atoms with van der Waals surface area (Å²) in [5, 5.41) is 3.34. The first-order chi connectivity index (χ1) is 14.6. The van der Waals surface area contributed by atoms with Crippen molar-refractivity contribution in [2.24, 2.45) is 5.73 Å². The second kappa shape index (κ2) is 10.6. The molecule has 156 valence electrons. The van der Waals surface area contributed by atoms with E-state index in [0.29, 0.717) is 6.54 Å². The molecular formula is C25H30N4O. The molecule has 2 aliphatic rings. The van der Waals surface area contributed by atoms with Crippen molar-refractivity contribution >= 4 is 22.9 Å². The summed E-state index contributed by atoms with van der Waals surface area (Å²) in [4.78, 5) is 13.6. The van der Waals surface area contributed by atoms with Crippen molar-refractivity contribution in [3.05, 3.63) is 65.2 Å². The van der Waals surface area contributed by atoms with E-state index in [2.05, 4.69) is 41.4 Å². The molecule has 0 saturated carbocycles. The van der Waals surface area contributed by atoms with Gasteiger partial charge in [0.15, 0.2) is 0 Å². The third kappa shape index (κ3) is 5.73. The molecule has 0 unspecified atom stereocenters. The van der Waals surface area contributed by atoms with E-state index in [-0.39, 0.29) is 5.91 Å². The topological polar surface area (TPSA) is 84.4 Å². The second-order valence-corrected chi connectivity index (χ2v) is 7.43. The van der Waals surface area contributed by atoms with Crippen molar-refractivity contribution in [3.63, 3.8) is 0 Å². The summed E-state index contributed by atoms with van der Waals surface area (Å²) in [5.41, 5.74) is 17.6. The van der Waals surface area contributed by atoms with Gasteiger partial charge in [0.2, 0.25) is 5.91 Å². The number of carbonyl (C=O) groups is 1. The zero-order chi connectivity index (χ0) is 21.3. The van der Waals surface area contributed by atoms with E-state index in [1.165, 1.54) is 16.7 Å². The average Bonchev–Trinajstić information content (AvgIpc) is 2.79. The number of amides is 1. The van der Waals surface area contributed by atoms with Crippen LogP contribution >= 0.6 is 0 Å². The van der Waals surface area contributed by atoms with Gasteiger partial charge in [-0.05, 0) is 78.9 Å². The maximum atomic E-state index is 11.7. The fourth-order valence-electron chi connectivity index (χ4n) is 3.73. The molecule has 5 N–H and O–H groups in total. The smallest absolute Gasteiger partial charge is 0.223 e. The first-order valence-corrected chi connectivity index (χ1v) is 10.4. The Bertz CT molecular complexity index is 967. The summed E-state index contributed by atoms with van der Waals surface area (Å²) in [6, 6.07) is 13.9. The van der Waals surface area contributed by atoms with Crippen LogP contribution in [0.2, 0.25) is 0 Å². The predicted molar refractivity (Wildman–Crippen MR) is 125 cm³/mol. The lowest BCUT2D eigenvalue weighted by Crippen LogP contribution is -2.33. The molecule has 0 radical (unpaired) electrons. The van der Waals surface area contributed by atoms with Crippen LogP contribution in [0.4, 0.5) is 11.4 Å². The van der Waals surface area contributed by atoms with Crippen LogP contribution in [0.1, 0.15) is 36.5 Å². The molecule has 0 aromatic heterocycles. The number of fused-ring (bicyclic) bond motifs is 1. The lowest BCUT2D eigenvalue weighted by molar-refractivity contribution is -0.116. The highest BCUT2D eigenvalue weighted by molar-refractivity contribution is 5.93. The zero-order valence-electron chi connectivity index (χ0n) is 17.6. The minimum Gasteiger partial charge on any atom is -0.399 e. The van der Waals surface area contributed by atoms with E-state index in [0.717, 1.165) is 55.8 Å². The van der Waals surface area contributed by atoms with Gasteiger partial charge in [-0.15, -0.1) is 0 Å². The number of carbonyl (C=O) groups excluding carboxylic acids is 1. The summed E-state index contributed by atoms with van der Waals surface area (Å²) in [6.07, 6.45) is 5.52. The Morgan fingerprint density at radius 1 is 1.17 bits per heavy atom. The summed E-state index contributed by atoms with van der Waals surface area (Å²) in [5.74, 6) is 5.81. The summed E-state index contributed by atoms with van der Waals surface area (Å²) in [7, 11) is 0. The number of nitrogens with zero attached hydrogens (tertiary/aromatic N) is 1. The number of benzene rings is 2. The Labute approximate surface area is 179 Å². The van der Waals surface area contributed by atoms with Crippen molar-refractivity contribution in [1.29, 1.82) is 0 Å². The maximum absolute atomic E-state index is 11.7. The minimum absolute atomic E-state index is 0.148. The van der Waals surface area contributed by atoms with E-state index in [1.807, 2.05) is 29.2 Å². The molecular weight excluding hydrogens is 372 g/mol. The number of nitrogen functional groups attached to an aromatic ring is 1. The highest BCUT2D eigenvalue weighted by Crippen LogP contribution is 2.31. The fourth-order valence-corrected chi connectivity index (χ4v) is 3.73. The molecule has 30 heavy (non-hydrogen) atoms. The number of aryl methyl sites for hydroxylation is 1. The molecule has 2 aromatic rings. The van der Waals surface area contributed by atoms with Crippen LogP contribution in [-0.2, 0) is 11.2 Å². The van der Waals surface area contributed by atoms with Gasteiger partial charge in [-0.25, -0.2) is 0 Å². The molecule has 5 nitrogen and oxygen atoms in total. The first-order valence-electron chi connectivity index (χ1n) is 10.4. The second-order valence-electron chi connectivity index (χ2n) is 7.43. The number of nitrogens with two attached hydrogens (primary N) is 2.